The number of hydrogen-bond acceptors (Lipinski definition) is 5. The van der Waals surface area contributed by atoms with Crippen molar-refractivity contribution < 1.29 is 23.5 Å². The van der Waals surface area contributed by atoms with Crippen molar-refractivity contribution >= 4 is 34.1 Å². The van der Waals surface area contributed by atoms with Gasteiger partial charge in [0, 0.05) is 5.56 Å². The van der Waals surface area contributed by atoms with E-state index in [0.717, 1.165) is 0 Å². The summed E-state index contributed by atoms with van der Waals surface area (Å²) in [7, 11) is -3.57. The molecular weight excluding hydrogens is 411 g/mol. The van der Waals surface area contributed by atoms with Gasteiger partial charge in [0.25, 0.3) is 0 Å². The van der Waals surface area contributed by atoms with Gasteiger partial charge in [-0.3, -0.25) is 4.18 Å². The Hall–Kier alpha value is -1.93. The lowest BCUT2D eigenvalue weighted by Gasteiger charge is -2.33. The molecule has 0 saturated heterocycles. The van der Waals surface area contributed by atoms with Crippen molar-refractivity contribution in [2.45, 2.75) is 10.5 Å². The topological polar surface area (TPSA) is 90.2 Å². The monoisotopic (exact) mass is 424 g/mol. The van der Waals surface area contributed by atoms with Gasteiger partial charge in [-0.1, -0.05) is 53.5 Å². The van der Waals surface area contributed by atoms with Crippen LogP contribution in [0, 0.1) is 0 Å². The van der Waals surface area contributed by atoms with E-state index in [-0.39, 0.29) is 26.4 Å². The summed E-state index contributed by atoms with van der Waals surface area (Å²) >= 11 is 12.2. The predicted molar refractivity (Wildman–Crippen MR) is 105 cm³/mol. The van der Waals surface area contributed by atoms with Crippen LogP contribution in [0.25, 0.3) is 0 Å². The summed E-state index contributed by atoms with van der Waals surface area (Å²) in [6.07, 6.45) is 0. The third-order valence-corrected chi connectivity index (χ3v) is 6.52. The SMILES string of the molecule is Oc1ccc(C2(c3ccc(O)c(Cl)c3)OS(O)(O)c3ccccc32)cc1Cl. The van der Waals surface area contributed by atoms with Gasteiger partial charge in [0.1, 0.15) is 22.4 Å². The van der Waals surface area contributed by atoms with Crippen LogP contribution in [0.4, 0.5) is 0 Å². The highest BCUT2D eigenvalue weighted by atomic mass is 35.5. The quantitative estimate of drug-likeness (QED) is 0.420. The van der Waals surface area contributed by atoms with Gasteiger partial charge < -0.3 is 19.3 Å². The first-order valence-corrected chi connectivity index (χ1v) is 10.0. The summed E-state index contributed by atoms with van der Waals surface area (Å²) in [5.41, 5.74) is 0.00637. The molecule has 0 amide bonds. The highest BCUT2D eigenvalue weighted by Crippen LogP contribution is 2.66. The smallest absolute Gasteiger partial charge is 0.162 e. The predicted octanol–water partition coefficient (Wildman–Crippen LogP) is 5.75. The Morgan fingerprint density at radius 1 is 0.778 bits per heavy atom. The van der Waals surface area contributed by atoms with E-state index in [4.69, 9.17) is 27.4 Å². The molecule has 0 bridgehead atoms. The summed E-state index contributed by atoms with van der Waals surface area (Å²) < 4.78 is 27.1. The Kier molecular flexibility index (Phi) is 4.31. The minimum atomic E-state index is -3.57. The summed E-state index contributed by atoms with van der Waals surface area (Å²) in [6.45, 7) is 0. The van der Waals surface area contributed by atoms with Gasteiger partial charge in [0.2, 0.25) is 0 Å². The highest BCUT2D eigenvalue weighted by molar-refractivity contribution is 8.20. The number of phenols is 2. The number of fused-ring (bicyclic) bond motifs is 1. The highest BCUT2D eigenvalue weighted by Gasteiger charge is 2.52. The largest absolute Gasteiger partial charge is 0.506 e. The maximum Gasteiger partial charge on any atom is 0.162 e. The number of rotatable bonds is 2. The molecule has 3 aromatic carbocycles. The second-order valence-electron chi connectivity index (χ2n) is 6.09. The molecule has 1 aliphatic heterocycles. The molecule has 0 aromatic heterocycles. The van der Waals surface area contributed by atoms with Crippen molar-refractivity contribution in [2.75, 3.05) is 0 Å². The number of benzene rings is 3. The standard InChI is InChI=1S/C19H14Cl2O5S/c20-14-9-11(5-7-16(14)22)19(12-6-8-17(23)15(21)10-12)13-3-1-2-4-18(13)27(24,25)26-19/h1-10,22-25H. The third kappa shape index (κ3) is 2.77. The normalized spacial score (nSPS) is 18.1. The fourth-order valence-corrected chi connectivity index (χ4v) is 5.11. The first kappa shape index (κ1) is 18.4. The molecule has 0 radical (unpaired) electrons. The van der Waals surface area contributed by atoms with Crippen LogP contribution in [0.3, 0.4) is 0 Å². The summed E-state index contributed by atoms with van der Waals surface area (Å²) in [5.74, 6) is -0.227. The average Bonchev–Trinajstić information content (AvgIpc) is 2.89. The van der Waals surface area contributed by atoms with E-state index < -0.39 is 16.5 Å². The minimum absolute atomic E-state index is 0.0845. The number of hydrogen-bond donors (Lipinski definition) is 4. The van der Waals surface area contributed by atoms with Crippen molar-refractivity contribution in [3.63, 3.8) is 0 Å². The molecule has 5 nitrogen and oxygen atoms in total. The molecule has 0 spiro atoms. The molecule has 0 fully saturated rings. The maximum absolute atomic E-state index is 10.6. The van der Waals surface area contributed by atoms with Crippen molar-refractivity contribution in [1.29, 1.82) is 0 Å². The molecule has 1 heterocycles. The number of halogens is 2. The molecule has 4 N–H and O–H groups in total. The van der Waals surface area contributed by atoms with E-state index in [9.17, 15) is 19.3 Å². The van der Waals surface area contributed by atoms with Crippen molar-refractivity contribution in [3.8, 4) is 11.5 Å². The molecule has 4 rings (SSSR count). The van der Waals surface area contributed by atoms with E-state index in [1.54, 1.807) is 36.4 Å². The maximum atomic E-state index is 10.6. The first-order valence-electron chi connectivity index (χ1n) is 7.82. The van der Waals surface area contributed by atoms with E-state index in [0.29, 0.717) is 16.7 Å². The van der Waals surface area contributed by atoms with E-state index in [1.807, 2.05) is 0 Å². The lowest BCUT2D eigenvalue weighted by Crippen LogP contribution is -2.29. The first-order chi connectivity index (χ1) is 12.8. The lowest BCUT2D eigenvalue weighted by molar-refractivity contribution is 0.154. The number of phenolic OH excluding ortho intramolecular Hbond substituents is 2. The Morgan fingerprint density at radius 3 is 1.81 bits per heavy atom. The molecule has 140 valence electrons. The van der Waals surface area contributed by atoms with Crippen LogP contribution in [0.15, 0.2) is 65.6 Å². The van der Waals surface area contributed by atoms with Crippen molar-refractivity contribution in [1.82, 2.24) is 0 Å². The summed E-state index contributed by atoms with van der Waals surface area (Å²) in [5, 5.41) is 19.8. The zero-order valence-electron chi connectivity index (χ0n) is 13.6. The van der Waals surface area contributed by atoms with Gasteiger partial charge in [-0.05, 0) is 41.5 Å². The second kappa shape index (κ2) is 6.31. The molecule has 1 aliphatic rings. The Balaban J connectivity index is 2.08. The molecule has 3 aromatic rings. The molecule has 0 atom stereocenters. The molecule has 27 heavy (non-hydrogen) atoms. The van der Waals surface area contributed by atoms with Gasteiger partial charge in [-0.15, -0.1) is 0 Å². The molecule has 0 unspecified atom stereocenters. The van der Waals surface area contributed by atoms with E-state index in [1.165, 1.54) is 24.3 Å². The Bertz CT molecular complexity index is 1000. The van der Waals surface area contributed by atoms with E-state index >= 15 is 0 Å². The molecule has 0 saturated carbocycles. The van der Waals surface area contributed by atoms with Gasteiger partial charge >= 0.3 is 0 Å². The minimum Gasteiger partial charge on any atom is -0.506 e. The van der Waals surface area contributed by atoms with Crippen molar-refractivity contribution in [3.05, 3.63) is 87.4 Å². The fourth-order valence-electron chi connectivity index (χ4n) is 3.28. The van der Waals surface area contributed by atoms with Crippen LogP contribution in [-0.4, -0.2) is 19.3 Å². The van der Waals surface area contributed by atoms with Crippen LogP contribution in [0.2, 0.25) is 10.0 Å². The number of aromatic hydroxyl groups is 2. The van der Waals surface area contributed by atoms with Gasteiger partial charge in [0.15, 0.2) is 5.60 Å². The lowest BCUT2D eigenvalue weighted by atomic mass is 9.80. The van der Waals surface area contributed by atoms with Crippen LogP contribution in [0.1, 0.15) is 16.7 Å². The Morgan fingerprint density at radius 2 is 1.30 bits per heavy atom. The summed E-state index contributed by atoms with van der Waals surface area (Å²) in [4.78, 5) is 0.249. The van der Waals surface area contributed by atoms with E-state index in [2.05, 4.69) is 0 Å². The van der Waals surface area contributed by atoms with Crippen LogP contribution in [0.5, 0.6) is 11.5 Å². The fraction of sp³-hybridized carbons (Fsp3) is 0.0526. The van der Waals surface area contributed by atoms with Gasteiger partial charge in [-0.25, -0.2) is 0 Å². The van der Waals surface area contributed by atoms with Gasteiger partial charge in [0.05, 0.1) is 14.9 Å². The molecule has 0 aliphatic carbocycles. The molecule has 8 heteroatoms. The van der Waals surface area contributed by atoms with Crippen LogP contribution < -0.4 is 0 Å². The van der Waals surface area contributed by atoms with Crippen molar-refractivity contribution in [2.24, 2.45) is 0 Å². The summed E-state index contributed by atoms with van der Waals surface area (Å²) in [6, 6.07) is 15.7. The second-order valence-corrected chi connectivity index (χ2v) is 8.50. The zero-order valence-corrected chi connectivity index (χ0v) is 16.0. The Labute approximate surface area is 166 Å². The van der Waals surface area contributed by atoms with Gasteiger partial charge in [-0.2, -0.15) is 0 Å². The van der Waals surface area contributed by atoms with Crippen LogP contribution in [-0.2, 0) is 9.78 Å². The molecular formula is C19H14Cl2O5S. The third-order valence-electron chi connectivity index (χ3n) is 4.50. The zero-order chi connectivity index (χ0) is 19.4. The average molecular weight is 425 g/mol. The van der Waals surface area contributed by atoms with Crippen LogP contribution >= 0.6 is 34.1 Å².